The van der Waals surface area contributed by atoms with E-state index in [-0.39, 0.29) is 39.9 Å². The van der Waals surface area contributed by atoms with E-state index in [2.05, 4.69) is 20.5 Å². The van der Waals surface area contributed by atoms with Crippen molar-refractivity contribution in [3.63, 3.8) is 0 Å². The number of halogens is 3. The Kier molecular flexibility index (Phi) is 8.00. The SMILES string of the molecule is CCC(C(=O)Nc1ccc(C(N)=O)nc1)n1cc(OC)c(-c2cc(Cl)ccc2-c2nnc(C(F)F)o2)cc1=O. The van der Waals surface area contributed by atoms with E-state index in [0.717, 1.165) is 0 Å². The summed E-state index contributed by atoms with van der Waals surface area (Å²) in [4.78, 5) is 41.4. The van der Waals surface area contributed by atoms with Gasteiger partial charge in [-0.2, -0.15) is 8.78 Å². The lowest BCUT2D eigenvalue weighted by Crippen LogP contribution is -2.32. The molecule has 14 heteroatoms. The van der Waals surface area contributed by atoms with Crippen LogP contribution in [-0.4, -0.2) is 38.7 Å². The number of hydrogen-bond donors (Lipinski definition) is 2. The molecule has 2 amide bonds. The first-order valence-electron chi connectivity index (χ1n) is 11.4. The third-order valence-electron chi connectivity index (χ3n) is 5.70. The first-order chi connectivity index (χ1) is 18.6. The molecule has 4 rings (SSSR count). The zero-order valence-electron chi connectivity index (χ0n) is 20.5. The number of alkyl halides is 2. The topological polar surface area (TPSA) is 155 Å². The molecule has 11 nitrogen and oxygen atoms in total. The molecule has 3 heterocycles. The fraction of sp³-hybridized carbons (Fsp3) is 0.200. The summed E-state index contributed by atoms with van der Waals surface area (Å²) in [6, 6.07) is 7.60. The van der Waals surface area contributed by atoms with E-state index in [9.17, 15) is 23.2 Å². The molecule has 0 bridgehead atoms. The quantitative estimate of drug-likeness (QED) is 0.309. The number of nitrogens with two attached hydrogens (primary N) is 1. The van der Waals surface area contributed by atoms with Gasteiger partial charge in [-0.3, -0.25) is 19.0 Å². The molecule has 0 spiro atoms. The van der Waals surface area contributed by atoms with Crippen molar-refractivity contribution in [2.24, 2.45) is 5.73 Å². The van der Waals surface area contributed by atoms with Crippen LogP contribution in [0, 0.1) is 0 Å². The number of ether oxygens (including phenoxy) is 1. The summed E-state index contributed by atoms with van der Waals surface area (Å²) >= 11 is 6.20. The molecular weight excluding hydrogens is 538 g/mol. The predicted molar refractivity (Wildman–Crippen MR) is 137 cm³/mol. The van der Waals surface area contributed by atoms with E-state index in [0.29, 0.717) is 11.3 Å². The second kappa shape index (κ2) is 11.4. The van der Waals surface area contributed by atoms with Crippen molar-refractivity contribution in [1.82, 2.24) is 19.7 Å². The molecule has 4 aromatic rings. The van der Waals surface area contributed by atoms with E-state index < -0.39 is 35.7 Å². The fourth-order valence-corrected chi connectivity index (χ4v) is 4.02. The highest BCUT2D eigenvalue weighted by Crippen LogP contribution is 2.38. The van der Waals surface area contributed by atoms with Crippen LogP contribution in [0.1, 0.15) is 42.2 Å². The van der Waals surface area contributed by atoms with Crippen molar-refractivity contribution in [1.29, 1.82) is 0 Å². The van der Waals surface area contributed by atoms with Crippen LogP contribution in [0.5, 0.6) is 5.75 Å². The molecular formula is C25H21ClF2N6O5. The van der Waals surface area contributed by atoms with Crippen molar-refractivity contribution < 1.29 is 27.5 Å². The predicted octanol–water partition coefficient (Wildman–Crippen LogP) is 4.25. The van der Waals surface area contributed by atoms with Crippen LogP contribution >= 0.6 is 11.6 Å². The molecule has 3 N–H and O–H groups in total. The molecule has 1 atom stereocenters. The molecule has 0 fully saturated rings. The van der Waals surface area contributed by atoms with Crippen LogP contribution in [-0.2, 0) is 4.79 Å². The zero-order chi connectivity index (χ0) is 28.3. The molecule has 0 aliphatic carbocycles. The number of pyridine rings is 2. The number of aromatic nitrogens is 4. The monoisotopic (exact) mass is 558 g/mol. The summed E-state index contributed by atoms with van der Waals surface area (Å²) in [5.41, 5.74) is 5.77. The lowest BCUT2D eigenvalue weighted by atomic mass is 9.99. The van der Waals surface area contributed by atoms with Crippen molar-refractivity contribution in [2.45, 2.75) is 25.8 Å². The first kappa shape index (κ1) is 27.4. The maximum Gasteiger partial charge on any atom is 0.314 e. The summed E-state index contributed by atoms with van der Waals surface area (Å²) in [5, 5.41) is 9.99. The molecule has 39 heavy (non-hydrogen) atoms. The Morgan fingerprint density at radius 3 is 2.51 bits per heavy atom. The van der Waals surface area contributed by atoms with Gasteiger partial charge >= 0.3 is 6.43 Å². The van der Waals surface area contributed by atoms with E-state index in [4.69, 9.17) is 26.5 Å². The Balaban J connectivity index is 1.73. The first-order valence-corrected chi connectivity index (χ1v) is 11.8. The largest absolute Gasteiger partial charge is 0.495 e. The number of nitrogens with one attached hydrogen (secondary N) is 1. The summed E-state index contributed by atoms with van der Waals surface area (Å²) in [6.45, 7) is 1.72. The van der Waals surface area contributed by atoms with Crippen LogP contribution < -0.4 is 21.3 Å². The molecule has 3 aromatic heterocycles. The summed E-state index contributed by atoms with van der Waals surface area (Å²) < 4.78 is 37.9. The molecule has 0 saturated heterocycles. The molecule has 1 unspecified atom stereocenters. The van der Waals surface area contributed by atoms with Gasteiger partial charge in [-0.25, -0.2) is 4.98 Å². The van der Waals surface area contributed by atoms with E-state index in [1.54, 1.807) is 6.92 Å². The maximum atomic E-state index is 13.3. The number of benzene rings is 1. The highest BCUT2D eigenvalue weighted by Gasteiger charge is 2.25. The zero-order valence-corrected chi connectivity index (χ0v) is 21.3. The smallest absolute Gasteiger partial charge is 0.314 e. The molecule has 0 saturated carbocycles. The van der Waals surface area contributed by atoms with Gasteiger partial charge in [-0.1, -0.05) is 18.5 Å². The number of carbonyl (C=O) groups is 2. The highest BCUT2D eigenvalue weighted by atomic mass is 35.5. The van der Waals surface area contributed by atoms with Gasteiger partial charge in [0.1, 0.15) is 17.5 Å². The van der Waals surface area contributed by atoms with Crippen LogP contribution in [0.3, 0.4) is 0 Å². The van der Waals surface area contributed by atoms with Gasteiger partial charge < -0.3 is 20.2 Å². The maximum absolute atomic E-state index is 13.3. The molecule has 0 aliphatic heterocycles. The molecule has 0 radical (unpaired) electrons. The van der Waals surface area contributed by atoms with Gasteiger partial charge in [0, 0.05) is 22.2 Å². The summed E-state index contributed by atoms with van der Waals surface area (Å²) in [7, 11) is 1.37. The Hall–Kier alpha value is -4.65. The van der Waals surface area contributed by atoms with Crippen LogP contribution in [0.2, 0.25) is 5.02 Å². The second-order valence-electron chi connectivity index (χ2n) is 8.15. The number of primary amides is 1. The normalized spacial score (nSPS) is 11.8. The minimum atomic E-state index is -2.96. The third-order valence-corrected chi connectivity index (χ3v) is 5.94. The Labute approximate surface area is 224 Å². The Morgan fingerprint density at radius 1 is 1.15 bits per heavy atom. The Bertz CT molecular complexity index is 1590. The van der Waals surface area contributed by atoms with Gasteiger partial charge in [0.05, 0.1) is 25.2 Å². The lowest BCUT2D eigenvalue weighted by Gasteiger charge is -2.20. The number of hydrogen-bond acceptors (Lipinski definition) is 8. The van der Waals surface area contributed by atoms with Gasteiger partial charge in [-0.15, -0.1) is 10.2 Å². The summed E-state index contributed by atoms with van der Waals surface area (Å²) in [5.74, 6) is -2.11. The minimum Gasteiger partial charge on any atom is -0.495 e. The fourth-order valence-electron chi connectivity index (χ4n) is 3.85. The number of anilines is 1. The molecule has 0 aliphatic rings. The van der Waals surface area contributed by atoms with Gasteiger partial charge in [-0.05, 0) is 42.3 Å². The van der Waals surface area contributed by atoms with Crippen LogP contribution in [0.4, 0.5) is 14.5 Å². The van der Waals surface area contributed by atoms with Crippen LogP contribution in [0.25, 0.3) is 22.6 Å². The average molecular weight is 559 g/mol. The van der Waals surface area contributed by atoms with E-state index in [1.165, 1.54) is 60.5 Å². The minimum absolute atomic E-state index is 0.0305. The van der Waals surface area contributed by atoms with Crippen molar-refractivity contribution >= 4 is 29.1 Å². The highest BCUT2D eigenvalue weighted by molar-refractivity contribution is 6.31. The standard InChI is InChI=1S/C25H21ClF2N6O5/c1-3-18(23(37)31-13-5-7-17(22(29)36)30-10-13)34-11-19(38-2)16(9-20(34)35)15-8-12(26)4-6-14(15)24-32-33-25(39-24)21(27)28/h4-11,18,21H,3H2,1-2H3,(H2,29,36)(H,31,37). The number of nitrogens with zero attached hydrogens (tertiary/aromatic N) is 4. The number of carbonyl (C=O) groups excluding carboxylic acids is 2. The molecule has 202 valence electrons. The lowest BCUT2D eigenvalue weighted by molar-refractivity contribution is -0.119. The van der Waals surface area contributed by atoms with E-state index >= 15 is 0 Å². The van der Waals surface area contributed by atoms with Crippen molar-refractivity contribution in [3.8, 4) is 28.3 Å². The van der Waals surface area contributed by atoms with Crippen molar-refractivity contribution in [2.75, 3.05) is 12.4 Å². The van der Waals surface area contributed by atoms with Gasteiger partial charge in [0.25, 0.3) is 17.4 Å². The van der Waals surface area contributed by atoms with Crippen LogP contribution in [0.15, 0.2) is 58.0 Å². The molecule has 1 aromatic carbocycles. The second-order valence-corrected chi connectivity index (χ2v) is 8.58. The van der Waals surface area contributed by atoms with Gasteiger partial charge in [0.15, 0.2) is 0 Å². The Morgan fingerprint density at radius 2 is 1.92 bits per heavy atom. The number of methoxy groups -OCH3 is 1. The summed E-state index contributed by atoms with van der Waals surface area (Å²) in [6.07, 6.45) is -0.0889. The van der Waals surface area contributed by atoms with Gasteiger partial charge in [0.2, 0.25) is 11.8 Å². The average Bonchev–Trinajstić information content (AvgIpc) is 3.40. The number of amides is 2. The van der Waals surface area contributed by atoms with E-state index in [1.807, 2.05) is 0 Å². The number of rotatable bonds is 9. The third kappa shape index (κ3) is 5.77. The van der Waals surface area contributed by atoms with Crippen molar-refractivity contribution in [3.05, 3.63) is 75.8 Å².